The highest BCUT2D eigenvalue weighted by molar-refractivity contribution is 5.76. The number of carbonyl (C=O) groups is 1. The van der Waals surface area contributed by atoms with Crippen molar-refractivity contribution in [1.29, 1.82) is 0 Å². The maximum atomic E-state index is 12.2. The summed E-state index contributed by atoms with van der Waals surface area (Å²) in [6.07, 6.45) is 0.401. The highest BCUT2D eigenvalue weighted by atomic mass is 16.5. The highest BCUT2D eigenvalue weighted by Gasteiger charge is 2.33. The Kier molecular flexibility index (Phi) is 6.17. The third-order valence-electron chi connectivity index (χ3n) is 3.84. The molecule has 0 bridgehead atoms. The fraction of sp³-hybridized carbons (Fsp3) is 0.562. The largest absolute Gasteiger partial charge is 0.382 e. The smallest absolute Gasteiger partial charge is 0.224 e. The molecule has 1 fully saturated rings. The van der Waals surface area contributed by atoms with Crippen LogP contribution in [0.5, 0.6) is 0 Å². The van der Waals surface area contributed by atoms with Crippen LogP contribution in [0.15, 0.2) is 30.3 Å². The van der Waals surface area contributed by atoms with Gasteiger partial charge in [0.05, 0.1) is 26.2 Å². The number of carbonyl (C=O) groups excluding carboxylic acids is 1. The number of benzene rings is 1. The Balaban J connectivity index is 1.79. The second-order valence-electron chi connectivity index (χ2n) is 5.33. The Bertz CT molecular complexity index is 438. The Morgan fingerprint density at radius 2 is 2.00 bits per heavy atom. The number of amides is 1. The van der Waals surface area contributed by atoms with Crippen LogP contribution in [0, 0.1) is 0 Å². The van der Waals surface area contributed by atoms with E-state index in [2.05, 4.69) is 12.1 Å². The van der Waals surface area contributed by atoms with Crippen LogP contribution in [-0.2, 0) is 14.3 Å². The van der Waals surface area contributed by atoms with Crippen molar-refractivity contribution in [2.75, 3.05) is 40.0 Å². The van der Waals surface area contributed by atoms with Gasteiger partial charge in [0.1, 0.15) is 0 Å². The van der Waals surface area contributed by atoms with Gasteiger partial charge < -0.3 is 20.1 Å². The quantitative estimate of drug-likeness (QED) is 0.761. The topological polar surface area (TPSA) is 64.8 Å². The lowest BCUT2D eigenvalue weighted by atomic mass is 9.95. The number of nitrogens with zero attached hydrogens (tertiary/aromatic N) is 1. The molecule has 0 saturated carbocycles. The summed E-state index contributed by atoms with van der Waals surface area (Å²) in [5.74, 6) is 0.339. The standard InChI is InChI=1S/C16H24N2O3/c1-20-9-10-21-8-7-16(19)18-11-14(15(17)12-18)13-5-3-2-4-6-13/h2-6,14-15H,7-12,17H2,1H3/t14-,15+/m0/s1. The van der Waals surface area contributed by atoms with Crippen LogP contribution < -0.4 is 5.73 Å². The van der Waals surface area contributed by atoms with Crippen LogP contribution in [0.1, 0.15) is 17.9 Å². The van der Waals surface area contributed by atoms with Crippen molar-refractivity contribution < 1.29 is 14.3 Å². The van der Waals surface area contributed by atoms with E-state index in [1.165, 1.54) is 5.56 Å². The van der Waals surface area contributed by atoms with E-state index in [0.29, 0.717) is 39.3 Å². The summed E-state index contributed by atoms with van der Waals surface area (Å²) in [5.41, 5.74) is 7.40. The Morgan fingerprint density at radius 3 is 2.71 bits per heavy atom. The van der Waals surface area contributed by atoms with Crippen molar-refractivity contribution in [3.05, 3.63) is 35.9 Å². The molecule has 116 valence electrons. The van der Waals surface area contributed by atoms with Gasteiger partial charge in [0.2, 0.25) is 5.91 Å². The first-order chi connectivity index (χ1) is 10.2. The van der Waals surface area contributed by atoms with Crippen molar-refractivity contribution in [2.24, 2.45) is 5.73 Å². The number of hydrogen-bond donors (Lipinski definition) is 1. The number of nitrogens with two attached hydrogens (primary N) is 1. The number of rotatable bonds is 7. The molecule has 0 aliphatic carbocycles. The molecule has 1 saturated heterocycles. The zero-order chi connectivity index (χ0) is 15.1. The average Bonchev–Trinajstić information content (AvgIpc) is 2.90. The molecule has 1 heterocycles. The van der Waals surface area contributed by atoms with E-state index < -0.39 is 0 Å². The third-order valence-corrected chi connectivity index (χ3v) is 3.84. The van der Waals surface area contributed by atoms with Gasteiger partial charge >= 0.3 is 0 Å². The van der Waals surface area contributed by atoms with Crippen LogP contribution in [0.3, 0.4) is 0 Å². The van der Waals surface area contributed by atoms with Crippen molar-refractivity contribution in [3.63, 3.8) is 0 Å². The molecule has 0 spiro atoms. The number of likely N-dealkylation sites (tertiary alicyclic amines) is 1. The van der Waals surface area contributed by atoms with Crippen molar-refractivity contribution in [3.8, 4) is 0 Å². The summed E-state index contributed by atoms with van der Waals surface area (Å²) in [7, 11) is 1.63. The van der Waals surface area contributed by atoms with Gasteiger partial charge in [-0.15, -0.1) is 0 Å². The summed E-state index contributed by atoms with van der Waals surface area (Å²) in [4.78, 5) is 14.0. The third kappa shape index (κ3) is 4.52. The molecule has 1 aromatic carbocycles. The van der Waals surface area contributed by atoms with Gasteiger partial charge in [-0.25, -0.2) is 0 Å². The molecular formula is C16H24N2O3. The van der Waals surface area contributed by atoms with Crippen LogP contribution >= 0.6 is 0 Å². The van der Waals surface area contributed by atoms with Gasteiger partial charge in [-0.2, -0.15) is 0 Å². The average molecular weight is 292 g/mol. The first-order valence-electron chi connectivity index (χ1n) is 7.37. The predicted octanol–water partition coefficient (Wildman–Crippen LogP) is 0.993. The van der Waals surface area contributed by atoms with Gasteiger partial charge in [0.15, 0.2) is 0 Å². The van der Waals surface area contributed by atoms with Gasteiger partial charge in [-0.05, 0) is 5.56 Å². The molecule has 1 aromatic rings. The van der Waals surface area contributed by atoms with Crippen molar-refractivity contribution >= 4 is 5.91 Å². The number of methoxy groups -OCH3 is 1. The van der Waals surface area contributed by atoms with Crippen LogP contribution in [0.25, 0.3) is 0 Å². The van der Waals surface area contributed by atoms with Gasteiger partial charge in [0.25, 0.3) is 0 Å². The Hall–Kier alpha value is -1.43. The molecule has 5 heteroatoms. The normalized spacial score (nSPS) is 21.7. The molecular weight excluding hydrogens is 268 g/mol. The van der Waals surface area contributed by atoms with E-state index in [4.69, 9.17) is 15.2 Å². The fourth-order valence-electron chi connectivity index (χ4n) is 2.65. The summed E-state index contributed by atoms with van der Waals surface area (Å²) in [6, 6.07) is 10.2. The van der Waals surface area contributed by atoms with Gasteiger partial charge in [-0.1, -0.05) is 30.3 Å². The van der Waals surface area contributed by atoms with E-state index in [9.17, 15) is 4.79 Å². The van der Waals surface area contributed by atoms with Crippen LogP contribution in [0.4, 0.5) is 0 Å². The van der Waals surface area contributed by atoms with E-state index in [-0.39, 0.29) is 17.9 Å². The second kappa shape index (κ2) is 8.12. The molecule has 1 aliphatic rings. The van der Waals surface area contributed by atoms with Crippen LogP contribution in [-0.4, -0.2) is 56.9 Å². The monoisotopic (exact) mass is 292 g/mol. The van der Waals surface area contributed by atoms with E-state index in [0.717, 1.165) is 0 Å². The first-order valence-corrected chi connectivity index (χ1v) is 7.37. The van der Waals surface area contributed by atoms with E-state index in [1.54, 1.807) is 7.11 Å². The predicted molar refractivity (Wildman–Crippen MR) is 81.1 cm³/mol. The molecule has 1 aliphatic heterocycles. The van der Waals surface area contributed by atoms with Gasteiger partial charge in [-0.3, -0.25) is 4.79 Å². The molecule has 5 nitrogen and oxygen atoms in total. The minimum Gasteiger partial charge on any atom is -0.382 e. The van der Waals surface area contributed by atoms with E-state index in [1.807, 2.05) is 23.1 Å². The maximum Gasteiger partial charge on any atom is 0.224 e. The summed E-state index contributed by atoms with van der Waals surface area (Å²) < 4.78 is 10.2. The summed E-state index contributed by atoms with van der Waals surface area (Å²) in [6.45, 7) is 2.83. The summed E-state index contributed by atoms with van der Waals surface area (Å²) >= 11 is 0. The fourth-order valence-corrected chi connectivity index (χ4v) is 2.65. The molecule has 2 atom stereocenters. The molecule has 2 N–H and O–H groups in total. The second-order valence-corrected chi connectivity index (χ2v) is 5.33. The molecule has 1 amide bonds. The lowest BCUT2D eigenvalue weighted by Gasteiger charge is -2.16. The first kappa shape index (κ1) is 15.9. The number of ether oxygens (including phenoxy) is 2. The van der Waals surface area contributed by atoms with E-state index >= 15 is 0 Å². The minimum atomic E-state index is 0.00533. The van der Waals surface area contributed by atoms with Crippen molar-refractivity contribution in [2.45, 2.75) is 18.4 Å². The zero-order valence-corrected chi connectivity index (χ0v) is 12.5. The molecule has 0 aromatic heterocycles. The molecule has 0 unspecified atom stereocenters. The Morgan fingerprint density at radius 1 is 1.24 bits per heavy atom. The highest BCUT2D eigenvalue weighted by Crippen LogP contribution is 2.26. The van der Waals surface area contributed by atoms with Gasteiger partial charge in [0, 0.05) is 32.2 Å². The minimum absolute atomic E-state index is 0.00533. The summed E-state index contributed by atoms with van der Waals surface area (Å²) in [5, 5.41) is 0. The molecule has 21 heavy (non-hydrogen) atoms. The SMILES string of the molecule is COCCOCCC(=O)N1C[C@@H](N)[C@H](c2ccccc2)C1. The lowest BCUT2D eigenvalue weighted by Crippen LogP contribution is -2.32. The molecule has 0 radical (unpaired) electrons. The Labute approximate surface area is 126 Å². The maximum absolute atomic E-state index is 12.2. The lowest BCUT2D eigenvalue weighted by molar-refractivity contribution is -0.131. The number of hydrogen-bond acceptors (Lipinski definition) is 4. The van der Waals surface area contributed by atoms with Crippen molar-refractivity contribution in [1.82, 2.24) is 4.90 Å². The zero-order valence-electron chi connectivity index (χ0n) is 12.5. The van der Waals surface area contributed by atoms with Crippen LogP contribution in [0.2, 0.25) is 0 Å². The molecule has 2 rings (SSSR count).